The third-order valence-corrected chi connectivity index (χ3v) is 4.38. The Kier molecular flexibility index (Phi) is 5.10. The van der Waals surface area contributed by atoms with Gasteiger partial charge in [0.25, 0.3) is 0 Å². The number of carbonyl (C=O) groups is 2. The number of hydrogen-bond acceptors (Lipinski definition) is 4. The van der Waals surface area contributed by atoms with Crippen molar-refractivity contribution in [3.05, 3.63) is 53.1 Å². The van der Waals surface area contributed by atoms with E-state index in [0.29, 0.717) is 34.1 Å². The van der Waals surface area contributed by atoms with Gasteiger partial charge in [-0.15, -0.1) is 0 Å². The van der Waals surface area contributed by atoms with Crippen molar-refractivity contribution >= 4 is 34.8 Å². The number of nitrogens with zero attached hydrogens (tertiary/aromatic N) is 1. The summed E-state index contributed by atoms with van der Waals surface area (Å²) < 4.78 is 5.20. The zero-order chi connectivity index (χ0) is 18.7. The van der Waals surface area contributed by atoms with E-state index in [1.54, 1.807) is 42.5 Å². The number of carbonyl (C=O) groups excluding carboxylic acids is 2. The Bertz CT molecular complexity index is 907. The first kappa shape index (κ1) is 17.8. The quantitative estimate of drug-likeness (QED) is 0.844. The molecule has 7 heteroatoms. The minimum atomic E-state index is -0.405. The van der Waals surface area contributed by atoms with Crippen LogP contribution in [0.5, 0.6) is 5.75 Å². The van der Waals surface area contributed by atoms with Gasteiger partial charge in [-0.25, -0.2) is 0 Å². The molecule has 1 fully saturated rings. The third kappa shape index (κ3) is 3.95. The van der Waals surface area contributed by atoms with Gasteiger partial charge in [-0.3, -0.25) is 9.59 Å². The zero-order valence-electron chi connectivity index (χ0n) is 14.0. The van der Waals surface area contributed by atoms with Gasteiger partial charge in [0.1, 0.15) is 5.75 Å². The molecule has 2 aromatic rings. The van der Waals surface area contributed by atoms with Crippen LogP contribution in [-0.4, -0.2) is 18.9 Å². The van der Waals surface area contributed by atoms with Crippen LogP contribution >= 0.6 is 11.6 Å². The highest BCUT2D eigenvalue weighted by atomic mass is 35.5. The second-order valence-electron chi connectivity index (χ2n) is 5.96. The normalized spacial score (nSPS) is 17.7. The highest BCUT2D eigenvalue weighted by Gasteiger charge is 2.48. The summed E-state index contributed by atoms with van der Waals surface area (Å²) in [7, 11) is 1.50. The van der Waals surface area contributed by atoms with Crippen LogP contribution in [0.1, 0.15) is 12.0 Å². The van der Waals surface area contributed by atoms with Gasteiger partial charge >= 0.3 is 0 Å². The van der Waals surface area contributed by atoms with Crippen LogP contribution in [0.15, 0.2) is 42.5 Å². The fourth-order valence-electron chi connectivity index (χ4n) is 2.68. The van der Waals surface area contributed by atoms with Gasteiger partial charge in [0.15, 0.2) is 0 Å². The number of halogens is 1. The topological polar surface area (TPSA) is 91.2 Å². The fraction of sp³-hybridized carbons (Fsp3) is 0.211. The Labute approximate surface area is 155 Å². The number of rotatable bonds is 5. The number of nitrogens with one attached hydrogen (secondary N) is 2. The molecule has 2 atom stereocenters. The molecule has 0 radical (unpaired) electrons. The maximum absolute atomic E-state index is 12.4. The molecule has 26 heavy (non-hydrogen) atoms. The fourth-order valence-corrected chi connectivity index (χ4v) is 2.85. The lowest BCUT2D eigenvalue weighted by molar-refractivity contribution is -0.122. The van der Waals surface area contributed by atoms with Crippen molar-refractivity contribution in [1.82, 2.24) is 0 Å². The number of hydrogen-bond donors (Lipinski definition) is 2. The first-order valence-electron chi connectivity index (χ1n) is 7.97. The minimum Gasteiger partial charge on any atom is -0.495 e. The zero-order valence-corrected chi connectivity index (χ0v) is 14.7. The molecule has 0 heterocycles. The van der Waals surface area contributed by atoms with Crippen molar-refractivity contribution in [2.45, 2.75) is 6.42 Å². The third-order valence-electron chi connectivity index (χ3n) is 4.14. The van der Waals surface area contributed by atoms with E-state index in [1.807, 2.05) is 6.07 Å². The molecule has 2 aromatic carbocycles. The van der Waals surface area contributed by atoms with Crippen molar-refractivity contribution in [2.24, 2.45) is 11.8 Å². The van der Waals surface area contributed by atoms with Crippen LogP contribution in [0.2, 0.25) is 5.02 Å². The molecule has 2 N–H and O–H groups in total. The van der Waals surface area contributed by atoms with Gasteiger partial charge in [-0.1, -0.05) is 17.7 Å². The van der Waals surface area contributed by atoms with Gasteiger partial charge in [-0.2, -0.15) is 5.26 Å². The molecule has 0 bridgehead atoms. The smallest absolute Gasteiger partial charge is 0.228 e. The second-order valence-corrected chi connectivity index (χ2v) is 6.40. The molecule has 3 rings (SSSR count). The molecule has 0 saturated heterocycles. The number of nitriles is 1. The minimum absolute atomic E-state index is 0.238. The number of benzene rings is 2. The van der Waals surface area contributed by atoms with Crippen molar-refractivity contribution in [3.63, 3.8) is 0 Å². The Morgan fingerprint density at radius 2 is 1.88 bits per heavy atom. The number of amides is 2. The summed E-state index contributed by atoms with van der Waals surface area (Å²) in [5, 5.41) is 14.9. The lowest BCUT2D eigenvalue weighted by Crippen LogP contribution is -2.20. The number of methoxy groups -OCH3 is 1. The first-order chi connectivity index (χ1) is 12.5. The van der Waals surface area contributed by atoms with Gasteiger partial charge in [0, 0.05) is 10.7 Å². The molecule has 6 nitrogen and oxygen atoms in total. The molecule has 1 aliphatic rings. The monoisotopic (exact) mass is 369 g/mol. The Balaban J connectivity index is 1.61. The summed E-state index contributed by atoms with van der Waals surface area (Å²) >= 11 is 5.95. The summed E-state index contributed by atoms with van der Waals surface area (Å²) in [5.74, 6) is -0.795. The standard InChI is InChI=1S/C19H16ClN3O3/c1-26-17-6-5-12(20)8-16(17)23-19(25)15-9-14(15)18(24)22-13-4-2-3-11(7-13)10-21/h2-8,14-15H,9H2,1H3,(H,22,24)(H,23,25). The summed E-state index contributed by atoms with van der Waals surface area (Å²) in [4.78, 5) is 24.7. The van der Waals surface area contributed by atoms with Crippen molar-refractivity contribution in [2.75, 3.05) is 17.7 Å². The maximum atomic E-state index is 12.4. The van der Waals surface area contributed by atoms with E-state index in [0.717, 1.165) is 0 Å². The predicted molar refractivity (Wildman–Crippen MR) is 98.0 cm³/mol. The highest BCUT2D eigenvalue weighted by Crippen LogP contribution is 2.41. The Morgan fingerprint density at radius 1 is 1.15 bits per heavy atom. The van der Waals surface area contributed by atoms with Gasteiger partial charge in [0.2, 0.25) is 11.8 Å². The van der Waals surface area contributed by atoms with E-state index in [2.05, 4.69) is 10.6 Å². The van der Waals surface area contributed by atoms with Crippen LogP contribution in [0, 0.1) is 23.2 Å². The second kappa shape index (κ2) is 7.46. The van der Waals surface area contributed by atoms with Crippen molar-refractivity contribution in [1.29, 1.82) is 5.26 Å². The van der Waals surface area contributed by atoms with Crippen LogP contribution in [0.4, 0.5) is 11.4 Å². The van der Waals surface area contributed by atoms with Gasteiger partial charge in [0.05, 0.1) is 36.3 Å². The van der Waals surface area contributed by atoms with E-state index >= 15 is 0 Å². The molecular weight excluding hydrogens is 354 g/mol. The lowest BCUT2D eigenvalue weighted by Gasteiger charge is -2.10. The first-order valence-corrected chi connectivity index (χ1v) is 8.35. The average molecular weight is 370 g/mol. The average Bonchev–Trinajstić information content (AvgIpc) is 3.43. The molecule has 0 spiro atoms. The van der Waals surface area contributed by atoms with Gasteiger partial charge < -0.3 is 15.4 Å². The van der Waals surface area contributed by atoms with E-state index in [4.69, 9.17) is 21.6 Å². The SMILES string of the molecule is COc1ccc(Cl)cc1NC(=O)C1CC1C(=O)Nc1cccc(C#N)c1. The molecule has 1 aliphatic carbocycles. The summed E-state index contributed by atoms with van der Waals surface area (Å²) in [5.41, 5.74) is 1.47. The van der Waals surface area contributed by atoms with Crippen molar-refractivity contribution < 1.29 is 14.3 Å². The summed E-state index contributed by atoms with van der Waals surface area (Å²) in [6, 6.07) is 13.6. The van der Waals surface area contributed by atoms with Crippen LogP contribution in [-0.2, 0) is 9.59 Å². The van der Waals surface area contributed by atoms with E-state index in [-0.39, 0.29) is 11.8 Å². The molecule has 0 aliphatic heterocycles. The maximum Gasteiger partial charge on any atom is 0.228 e. The molecular formula is C19H16ClN3O3. The van der Waals surface area contributed by atoms with Crippen LogP contribution in [0.3, 0.4) is 0 Å². The highest BCUT2D eigenvalue weighted by molar-refractivity contribution is 6.31. The van der Waals surface area contributed by atoms with E-state index in [1.165, 1.54) is 7.11 Å². The largest absolute Gasteiger partial charge is 0.495 e. The number of anilines is 2. The van der Waals surface area contributed by atoms with Gasteiger partial charge in [-0.05, 0) is 42.8 Å². The molecule has 1 saturated carbocycles. The van der Waals surface area contributed by atoms with E-state index in [9.17, 15) is 9.59 Å². The summed E-state index contributed by atoms with van der Waals surface area (Å²) in [6.45, 7) is 0. The molecule has 2 amide bonds. The summed E-state index contributed by atoms with van der Waals surface area (Å²) in [6.07, 6.45) is 0.471. The molecule has 2 unspecified atom stereocenters. The van der Waals surface area contributed by atoms with Crippen LogP contribution in [0.25, 0.3) is 0 Å². The lowest BCUT2D eigenvalue weighted by atomic mass is 10.2. The van der Waals surface area contributed by atoms with E-state index < -0.39 is 11.8 Å². The molecule has 132 valence electrons. The Hall–Kier alpha value is -3.04. The number of ether oxygens (including phenoxy) is 1. The van der Waals surface area contributed by atoms with Crippen LogP contribution < -0.4 is 15.4 Å². The van der Waals surface area contributed by atoms with Crippen molar-refractivity contribution in [3.8, 4) is 11.8 Å². The predicted octanol–water partition coefficient (Wildman–Crippen LogP) is 3.43. The Morgan fingerprint density at radius 3 is 2.58 bits per heavy atom. The molecule has 0 aromatic heterocycles.